The summed E-state index contributed by atoms with van der Waals surface area (Å²) in [6, 6.07) is 0.874. The fourth-order valence-electron chi connectivity index (χ4n) is 2.57. The van der Waals surface area contributed by atoms with E-state index in [1.807, 2.05) is 0 Å². The minimum atomic E-state index is 0.856. The van der Waals surface area contributed by atoms with Gasteiger partial charge in [-0.15, -0.1) is 0 Å². The van der Waals surface area contributed by atoms with Crippen LogP contribution < -0.4 is 5.32 Å². The molecular formula is C14H28N2O. The van der Waals surface area contributed by atoms with Gasteiger partial charge in [-0.25, -0.2) is 0 Å². The number of piperidine rings is 1. The number of nitrogens with one attached hydrogen (secondary N) is 1. The molecule has 0 unspecified atom stereocenters. The summed E-state index contributed by atoms with van der Waals surface area (Å²) in [5, 5.41) is 3.66. The van der Waals surface area contributed by atoms with Gasteiger partial charge < -0.3 is 15.0 Å². The zero-order valence-corrected chi connectivity index (χ0v) is 11.3. The van der Waals surface area contributed by atoms with Crippen LogP contribution in [0.4, 0.5) is 0 Å². The fourth-order valence-corrected chi connectivity index (χ4v) is 2.57. The molecule has 0 aromatic rings. The predicted molar refractivity (Wildman–Crippen MR) is 71.3 cm³/mol. The summed E-state index contributed by atoms with van der Waals surface area (Å²) >= 11 is 0. The van der Waals surface area contributed by atoms with E-state index in [0.29, 0.717) is 0 Å². The third-order valence-electron chi connectivity index (χ3n) is 3.95. The van der Waals surface area contributed by atoms with Gasteiger partial charge in [-0.2, -0.15) is 0 Å². The Morgan fingerprint density at radius 2 is 1.94 bits per heavy atom. The molecule has 2 aliphatic rings. The monoisotopic (exact) mass is 240 g/mol. The molecule has 0 aromatic heterocycles. The lowest BCUT2D eigenvalue weighted by atomic mass is 9.96. The number of rotatable bonds is 8. The minimum absolute atomic E-state index is 0.856. The second kappa shape index (κ2) is 7.34. The van der Waals surface area contributed by atoms with Crippen molar-refractivity contribution in [3.8, 4) is 0 Å². The van der Waals surface area contributed by atoms with Gasteiger partial charge in [0.2, 0.25) is 0 Å². The quantitative estimate of drug-likeness (QED) is 0.656. The molecular weight excluding hydrogens is 212 g/mol. The molecule has 3 heteroatoms. The maximum Gasteiger partial charge on any atom is 0.0478 e. The molecule has 0 amide bonds. The standard InChI is InChI=1S/C14H28N2O/c1-2-17-11-3-8-16-9-6-13(7-10-16)12-15-14-4-5-14/h13-15H,2-12H2,1H3. The second-order valence-electron chi connectivity index (χ2n) is 5.52. The Hall–Kier alpha value is -0.120. The highest BCUT2D eigenvalue weighted by Crippen LogP contribution is 2.21. The van der Waals surface area contributed by atoms with Crippen molar-refractivity contribution in [1.82, 2.24) is 10.2 Å². The van der Waals surface area contributed by atoms with Crippen LogP contribution in [0.25, 0.3) is 0 Å². The number of nitrogens with zero attached hydrogens (tertiary/aromatic N) is 1. The van der Waals surface area contributed by atoms with Gasteiger partial charge in [0.05, 0.1) is 0 Å². The average Bonchev–Trinajstić information content (AvgIpc) is 3.18. The van der Waals surface area contributed by atoms with Crippen molar-refractivity contribution >= 4 is 0 Å². The third-order valence-corrected chi connectivity index (χ3v) is 3.95. The van der Waals surface area contributed by atoms with E-state index in [1.165, 1.54) is 58.3 Å². The molecule has 17 heavy (non-hydrogen) atoms. The summed E-state index contributed by atoms with van der Waals surface area (Å²) in [5.74, 6) is 0.929. The topological polar surface area (TPSA) is 24.5 Å². The van der Waals surface area contributed by atoms with Gasteiger partial charge in [0.25, 0.3) is 0 Å². The number of hydrogen-bond donors (Lipinski definition) is 1. The SMILES string of the molecule is CCOCCCN1CCC(CNC2CC2)CC1. The highest BCUT2D eigenvalue weighted by Gasteiger charge is 2.23. The molecule has 0 atom stereocenters. The van der Waals surface area contributed by atoms with E-state index in [-0.39, 0.29) is 0 Å². The van der Waals surface area contributed by atoms with E-state index in [0.717, 1.165) is 25.2 Å². The summed E-state index contributed by atoms with van der Waals surface area (Å²) in [7, 11) is 0. The van der Waals surface area contributed by atoms with Gasteiger partial charge >= 0.3 is 0 Å². The van der Waals surface area contributed by atoms with Gasteiger partial charge in [0.1, 0.15) is 0 Å². The fraction of sp³-hybridized carbons (Fsp3) is 1.00. The molecule has 1 aliphatic heterocycles. The van der Waals surface area contributed by atoms with Gasteiger partial charge in [-0.1, -0.05) is 0 Å². The van der Waals surface area contributed by atoms with E-state index < -0.39 is 0 Å². The first kappa shape index (κ1) is 13.3. The van der Waals surface area contributed by atoms with Crippen LogP contribution in [0.5, 0.6) is 0 Å². The van der Waals surface area contributed by atoms with Crippen LogP contribution >= 0.6 is 0 Å². The number of likely N-dealkylation sites (tertiary alicyclic amines) is 1. The van der Waals surface area contributed by atoms with Crippen LogP contribution in [-0.2, 0) is 4.74 Å². The minimum Gasteiger partial charge on any atom is -0.382 e. The average molecular weight is 240 g/mol. The third kappa shape index (κ3) is 5.36. The van der Waals surface area contributed by atoms with E-state index in [1.54, 1.807) is 0 Å². The van der Waals surface area contributed by atoms with Crippen molar-refractivity contribution in [3.63, 3.8) is 0 Å². The van der Waals surface area contributed by atoms with Crippen LogP contribution in [0.2, 0.25) is 0 Å². The Bertz CT molecular complexity index is 198. The Balaban J connectivity index is 1.48. The molecule has 1 N–H and O–H groups in total. The van der Waals surface area contributed by atoms with Crippen LogP contribution in [-0.4, -0.2) is 50.3 Å². The van der Waals surface area contributed by atoms with Gasteiger partial charge in [0, 0.05) is 25.8 Å². The number of hydrogen-bond acceptors (Lipinski definition) is 3. The summed E-state index contributed by atoms with van der Waals surface area (Å²) in [6.07, 6.45) is 6.79. The largest absolute Gasteiger partial charge is 0.382 e. The first-order chi connectivity index (χ1) is 8.38. The summed E-state index contributed by atoms with van der Waals surface area (Å²) in [5.41, 5.74) is 0. The molecule has 0 spiro atoms. The summed E-state index contributed by atoms with van der Waals surface area (Å²) in [4.78, 5) is 2.60. The van der Waals surface area contributed by atoms with Crippen molar-refractivity contribution in [3.05, 3.63) is 0 Å². The van der Waals surface area contributed by atoms with Crippen LogP contribution in [0.15, 0.2) is 0 Å². The predicted octanol–water partition coefficient (Wildman–Crippen LogP) is 1.88. The number of ether oxygens (including phenoxy) is 1. The van der Waals surface area contributed by atoms with Crippen LogP contribution in [0.3, 0.4) is 0 Å². The molecule has 1 aliphatic carbocycles. The van der Waals surface area contributed by atoms with E-state index in [4.69, 9.17) is 4.74 Å². The summed E-state index contributed by atoms with van der Waals surface area (Å²) in [6.45, 7) is 8.93. The first-order valence-electron chi connectivity index (χ1n) is 7.42. The van der Waals surface area contributed by atoms with E-state index in [9.17, 15) is 0 Å². The van der Waals surface area contributed by atoms with Gasteiger partial charge in [0.15, 0.2) is 0 Å². The Labute approximate surface area is 106 Å². The zero-order valence-electron chi connectivity index (χ0n) is 11.3. The molecule has 100 valence electrons. The van der Waals surface area contributed by atoms with E-state index in [2.05, 4.69) is 17.1 Å². The van der Waals surface area contributed by atoms with Crippen molar-refractivity contribution in [2.75, 3.05) is 39.4 Å². The Morgan fingerprint density at radius 1 is 1.18 bits per heavy atom. The molecule has 0 radical (unpaired) electrons. The lowest BCUT2D eigenvalue weighted by Crippen LogP contribution is -2.38. The molecule has 0 aromatic carbocycles. The van der Waals surface area contributed by atoms with Crippen LogP contribution in [0.1, 0.15) is 39.0 Å². The van der Waals surface area contributed by atoms with Crippen molar-refractivity contribution < 1.29 is 4.74 Å². The molecule has 1 saturated heterocycles. The van der Waals surface area contributed by atoms with Crippen molar-refractivity contribution in [2.24, 2.45) is 5.92 Å². The first-order valence-corrected chi connectivity index (χ1v) is 7.42. The zero-order chi connectivity index (χ0) is 11.9. The van der Waals surface area contributed by atoms with Crippen molar-refractivity contribution in [1.29, 1.82) is 0 Å². The Kier molecular flexibility index (Phi) is 5.75. The molecule has 0 bridgehead atoms. The summed E-state index contributed by atoms with van der Waals surface area (Å²) < 4.78 is 5.38. The normalized spacial score (nSPS) is 23.1. The smallest absolute Gasteiger partial charge is 0.0478 e. The molecule has 1 saturated carbocycles. The van der Waals surface area contributed by atoms with Gasteiger partial charge in [-0.3, -0.25) is 0 Å². The highest BCUT2D eigenvalue weighted by atomic mass is 16.5. The Morgan fingerprint density at radius 3 is 2.59 bits per heavy atom. The molecule has 3 nitrogen and oxygen atoms in total. The maximum absolute atomic E-state index is 5.38. The van der Waals surface area contributed by atoms with E-state index >= 15 is 0 Å². The van der Waals surface area contributed by atoms with Crippen LogP contribution in [0, 0.1) is 5.92 Å². The highest BCUT2D eigenvalue weighted by molar-refractivity contribution is 4.83. The second-order valence-corrected chi connectivity index (χ2v) is 5.52. The molecule has 1 heterocycles. The van der Waals surface area contributed by atoms with Crippen molar-refractivity contribution in [2.45, 2.75) is 45.1 Å². The van der Waals surface area contributed by atoms with Gasteiger partial charge in [-0.05, 0) is 64.6 Å². The maximum atomic E-state index is 5.38. The lowest BCUT2D eigenvalue weighted by Gasteiger charge is -2.32. The lowest BCUT2D eigenvalue weighted by molar-refractivity contribution is 0.120. The molecule has 2 rings (SSSR count). The molecule has 2 fully saturated rings.